The number of rotatable bonds is 4. The summed E-state index contributed by atoms with van der Waals surface area (Å²) in [7, 11) is 0. The van der Waals surface area contributed by atoms with Crippen LogP contribution in [0.15, 0.2) is 0 Å². The molecule has 0 amide bonds. The molecule has 1 saturated carbocycles. The Morgan fingerprint density at radius 2 is 1.94 bits per heavy atom. The maximum absolute atomic E-state index is 10.0. The van der Waals surface area contributed by atoms with Crippen LogP contribution >= 0.6 is 0 Å². The van der Waals surface area contributed by atoms with Crippen molar-refractivity contribution in [2.24, 2.45) is 17.8 Å². The maximum Gasteiger partial charge on any atom is 0.0824 e. The monoisotopic (exact) mass is 242 g/mol. The first kappa shape index (κ1) is 13.3. The van der Waals surface area contributed by atoms with Crippen LogP contribution in [0.25, 0.3) is 0 Å². The van der Waals surface area contributed by atoms with Gasteiger partial charge in [-0.1, -0.05) is 13.8 Å². The van der Waals surface area contributed by atoms with Crippen LogP contribution in [0.5, 0.6) is 0 Å². The van der Waals surface area contributed by atoms with E-state index >= 15 is 0 Å². The van der Waals surface area contributed by atoms with Crippen LogP contribution in [0.4, 0.5) is 0 Å². The van der Waals surface area contributed by atoms with Crippen LogP contribution < -0.4 is 0 Å². The molecule has 100 valence electrons. The summed E-state index contributed by atoms with van der Waals surface area (Å²) in [6.07, 6.45) is 4.60. The Hall–Kier alpha value is -0.120. The third-order valence-electron chi connectivity index (χ3n) is 4.15. The van der Waals surface area contributed by atoms with E-state index in [4.69, 9.17) is 9.47 Å². The zero-order valence-corrected chi connectivity index (χ0v) is 11.1. The Bertz CT molecular complexity index is 216. The fraction of sp³-hybridized carbons (Fsp3) is 1.00. The lowest BCUT2D eigenvalue weighted by Gasteiger charge is -2.32. The molecule has 2 aliphatic rings. The molecule has 0 aromatic heterocycles. The van der Waals surface area contributed by atoms with Gasteiger partial charge in [-0.25, -0.2) is 0 Å². The molecule has 3 nitrogen and oxygen atoms in total. The molecule has 0 spiro atoms. The van der Waals surface area contributed by atoms with Gasteiger partial charge in [-0.05, 0) is 37.5 Å². The van der Waals surface area contributed by atoms with E-state index in [1.807, 2.05) is 0 Å². The lowest BCUT2D eigenvalue weighted by atomic mass is 9.82. The molecule has 17 heavy (non-hydrogen) atoms. The summed E-state index contributed by atoms with van der Waals surface area (Å²) in [5.41, 5.74) is 0. The third-order valence-corrected chi connectivity index (χ3v) is 4.15. The molecule has 2 rings (SSSR count). The van der Waals surface area contributed by atoms with Crippen LogP contribution in [0.2, 0.25) is 0 Å². The summed E-state index contributed by atoms with van der Waals surface area (Å²) < 4.78 is 11.2. The normalized spacial score (nSPS) is 40.4. The number of aliphatic hydroxyl groups excluding tert-OH is 1. The van der Waals surface area contributed by atoms with Crippen molar-refractivity contribution in [2.45, 2.75) is 51.7 Å². The summed E-state index contributed by atoms with van der Waals surface area (Å²) in [5, 5.41) is 10.0. The Morgan fingerprint density at radius 3 is 2.53 bits per heavy atom. The van der Waals surface area contributed by atoms with Gasteiger partial charge in [-0.2, -0.15) is 0 Å². The van der Waals surface area contributed by atoms with Crippen molar-refractivity contribution in [3.8, 4) is 0 Å². The number of hydrogen-bond donors (Lipinski definition) is 1. The molecule has 1 aliphatic carbocycles. The van der Waals surface area contributed by atoms with E-state index in [2.05, 4.69) is 13.8 Å². The Kier molecular flexibility index (Phi) is 4.83. The van der Waals surface area contributed by atoms with Crippen LogP contribution in [0, 0.1) is 17.8 Å². The molecule has 0 radical (unpaired) electrons. The van der Waals surface area contributed by atoms with E-state index in [1.54, 1.807) is 0 Å². The highest BCUT2D eigenvalue weighted by Crippen LogP contribution is 2.30. The van der Waals surface area contributed by atoms with Gasteiger partial charge in [0.05, 0.1) is 25.4 Å². The largest absolute Gasteiger partial charge is 0.390 e. The molecular weight excluding hydrogens is 216 g/mol. The van der Waals surface area contributed by atoms with Crippen molar-refractivity contribution in [3.05, 3.63) is 0 Å². The van der Waals surface area contributed by atoms with Gasteiger partial charge in [0.2, 0.25) is 0 Å². The predicted molar refractivity (Wildman–Crippen MR) is 66.9 cm³/mol. The van der Waals surface area contributed by atoms with E-state index in [0.29, 0.717) is 19.3 Å². The molecule has 4 atom stereocenters. The molecule has 3 heteroatoms. The van der Waals surface area contributed by atoms with Gasteiger partial charge in [0.25, 0.3) is 0 Å². The summed E-state index contributed by atoms with van der Waals surface area (Å²) in [6, 6.07) is 0. The van der Waals surface area contributed by atoms with Gasteiger partial charge in [-0.15, -0.1) is 0 Å². The van der Waals surface area contributed by atoms with E-state index in [9.17, 15) is 5.11 Å². The van der Waals surface area contributed by atoms with Crippen LogP contribution in [-0.2, 0) is 9.47 Å². The van der Waals surface area contributed by atoms with Crippen LogP contribution in [0.3, 0.4) is 0 Å². The summed E-state index contributed by atoms with van der Waals surface area (Å²) >= 11 is 0. The van der Waals surface area contributed by atoms with Crippen molar-refractivity contribution in [2.75, 3.05) is 19.8 Å². The van der Waals surface area contributed by atoms with Crippen molar-refractivity contribution in [1.29, 1.82) is 0 Å². The minimum absolute atomic E-state index is 0.286. The average Bonchev–Trinajstić information content (AvgIpc) is 2.78. The Labute approximate surface area is 104 Å². The first-order valence-electron chi connectivity index (χ1n) is 7.02. The van der Waals surface area contributed by atoms with Gasteiger partial charge in [0.1, 0.15) is 0 Å². The second-order valence-electron chi connectivity index (χ2n) is 6.06. The minimum atomic E-state index is -0.343. The van der Waals surface area contributed by atoms with Crippen LogP contribution in [0.1, 0.15) is 39.5 Å². The topological polar surface area (TPSA) is 38.7 Å². The maximum atomic E-state index is 10.0. The quantitative estimate of drug-likeness (QED) is 0.821. The van der Waals surface area contributed by atoms with Gasteiger partial charge in [-0.3, -0.25) is 0 Å². The Balaban J connectivity index is 1.69. The molecule has 1 heterocycles. The molecule has 2 fully saturated rings. The standard InChI is InChI=1S/C14H26O3/c1-10-5-11(2)7-13(6-10)17-9-14(15)12-3-4-16-8-12/h10-15H,3-9H2,1-2H3. The van der Waals surface area contributed by atoms with Gasteiger partial charge >= 0.3 is 0 Å². The second kappa shape index (κ2) is 6.17. The lowest BCUT2D eigenvalue weighted by molar-refractivity contribution is -0.0563. The zero-order chi connectivity index (χ0) is 12.3. The van der Waals surface area contributed by atoms with E-state index < -0.39 is 0 Å². The van der Waals surface area contributed by atoms with E-state index in [1.165, 1.54) is 6.42 Å². The van der Waals surface area contributed by atoms with Crippen molar-refractivity contribution in [3.63, 3.8) is 0 Å². The number of ether oxygens (including phenoxy) is 2. The van der Waals surface area contributed by atoms with Gasteiger partial charge in [0.15, 0.2) is 0 Å². The van der Waals surface area contributed by atoms with Gasteiger partial charge in [0, 0.05) is 12.5 Å². The molecule has 1 N–H and O–H groups in total. The first-order chi connectivity index (χ1) is 8.15. The highest BCUT2D eigenvalue weighted by Gasteiger charge is 2.28. The highest BCUT2D eigenvalue weighted by atomic mass is 16.5. The molecule has 0 aromatic carbocycles. The highest BCUT2D eigenvalue weighted by molar-refractivity contribution is 4.77. The average molecular weight is 242 g/mol. The molecule has 1 saturated heterocycles. The molecule has 0 bridgehead atoms. The minimum Gasteiger partial charge on any atom is -0.390 e. The molecule has 1 aliphatic heterocycles. The zero-order valence-electron chi connectivity index (χ0n) is 11.1. The van der Waals surface area contributed by atoms with Crippen molar-refractivity contribution < 1.29 is 14.6 Å². The molecule has 4 unspecified atom stereocenters. The first-order valence-corrected chi connectivity index (χ1v) is 7.02. The predicted octanol–water partition coefficient (Wildman–Crippen LogP) is 2.23. The fourth-order valence-corrected chi connectivity index (χ4v) is 3.24. The van der Waals surface area contributed by atoms with E-state index in [-0.39, 0.29) is 12.0 Å². The van der Waals surface area contributed by atoms with Gasteiger partial charge < -0.3 is 14.6 Å². The fourth-order valence-electron chi connectivity index (χ4n) is 3.24. The summed E-state index contributed by atoms with van der Waals surface area (Å²) in [5.74, 6) is 1.81. The SMILES string of the molecule is CC1CC(C)CC(OCC(O)C2CCOC2)C1. The summed E-state index contributed by atoms with van der Waals surface area (Å²) in [6.45, 7) is 6.57. The van der Waals surface area contributed by atoms with Crippen molar-refractivity contribution >= 4 is 0 Å². The van der Waals surface area contributed by atoms with Crippen LogP contribution in [-0.4, -0.2) is 37.1 Å². The number of hydrogen-bond acceptors (Lipinski definition) is 3. The third kappa shape index (κ3) is 3.94. The Morgan fingerprint density at radius 1 is 1.24 bits per heavy atom. The number of aliphatic hydroxyl groups is 1. The van der Waals surface area contributed by atoms with Crippen molar-refractivity contribution in [1.82, 2.24) is 0 Å². The second-order valence-corrected chi connectivity index (χ2v) is 6.06. The molecule has 0 aromatic rings. The lowest BCUT2D eigenvalue weighted by Crippen LogP contribution is -2.32. The molecular formula is C14H26O3. The van der Waals surface area contributed by atoms with E-state index in [0.717, 1.165) is 37.7 Å². The smallest absolute Gasteiger partial charge is 0.0824 e. The summed E-state index contributed by atoms with van der Waals surface area (Å²) in [4.78, 5) is 0.